The van der Waals surface area contributed by atoms with Gasteiger partial charge in [-0.2, -0.15) is 0 Å². The second-order valence-electron chi connectivity index (χ2n) is 20.4. The van der Waals surface area contributed by atoms with Crippen LogP contribution in [0.4, 0.5) is 34.1 Å². The monoisotopic (exact) mass is 926 g/mol. The fourth-order valence-electron chi connectivity index (χ4n) is 12.4. The molecule has 1 aliphatic heterocycles. The van der Waals surface area contributed by atoms with E-state index in [2.05, 4.69) is 268 Å². The molecule has 0 atom stereocenters. The first-order valence-corrected chi connectivity index (χ1v) is 25.6. The molecule has 0 spiro atoms. The van der Waals surface area contributed by atoms with Crippen molar-refractivity contribution in [1.29, 1.82) is 0 Å². The highest BCUT2D eigenvalue weighted by atomic mass is 32.2. The Bertz CT molecular complexity index is 3980. The lowest BCUT2D eigenvalue weighted by atomic mass is 9.82. The Kier molecular flexibility index (Phi) is 9.25. The maximum atomic E-state index is 2.46. The van der Waals surface area contributed by atoms with Crippen molar-refractivity contribution in [3.8, 4) is 44.5 Å². The Morgan fingerprint density at radius 2 is 0.761 bits per heavy atom. The van der Waals surface area contributed by atoms with Crippen molar-refractivity contribution in [2.45, 2.75) is 48.3 Å². The largest absolute Gasteiger partial charge is 0.310 e. The molecule has 14 rings (SSSR count). The second kappa shape index (κ2) is 15.7. The molecule has 2 nitrogen and oxygen atoms in total. The van der Waals surface area contributed by atoms with Crippen LogP contribution in [0.5, 0.6) is 0 Å². The predicted octanol–water partition coefficient (Wildman–Crippen LogP) is 19.3. The van der Waals surface area contributed by atoms with Crippen molar-refractivity contribution in [2.24, 2.45) is 0 Å². The molecule has 0 N–H and O–H groups in total. The lowest BCUT2D eigenvalue weighted by molar-refractivity contribution is 0.660. The van der Waals surface area contributed by atoms with Crippen molar-refractivity contribution in [2.75, 3.05) is 9.80 Å². The van der Waals surface area contributed by atoms with Crippen LogP contribution in [-0.2, 0) is 10.8 Å². The highest BCUT2D eigenvalue weighted by Gasteiger charge is 2.37. The van der Waals surface area contributed by atoms with Gasteiger partial charge in [0.05, 0.1) is 11.4 Å². The van der Waals surface area contributed by atoms with Gasteiger partial charge in [-0.3, -0.25) is 0 Å². The SMILES string of the molecule is CC1(C)c2ccccc2-c2ccc(N(c3ccccc3)c3ccc(-c4ccc5c(c4)Sc4cccc6c(N(c7ccccc7)c7ccc8c(c7)C(C)(C)c7ccccc7-8)ccc-5c46)c4ccccc34)cc21. The van der Waals surface area contributed by atoms with E-state index in [9.17, 15) is 0 Å². The first kappa shape index (κ1) is 41.8. The van der Waals surface area contributed by atoms with Crippen LogP contribution >= 0.6 is 11.8 Å². The van der Waals surface area contributed by atoms with Crippen molar-refractivity contribution >= 4 is 67.4 Å². The number of rotatable bonds is 7. The van der Waals surface area contributed by atoms with Gasteiger partial charge < -0.3 is 9.80 Å². The summed E-state index contributed by atoms with van der Waals surface area (Å²) in [7, 11) is 0. The zero-order chi connectivity index (χ0) is 47.6. The maximum absolute atomic E-state index is 2.46. The molecular formula is C68H50N2S. The third-order valence-corrected chi connectivity index (χ3v) is 17.0. The number of hydrogen-bond donors (Lipinski definition) is 0. The number of hydrogen-bond acceptors (Lipinski definition) is 3. The van der Waals surface area contributed by atoms with Gasteiger partial charge in [-0.05, 0) is 145 Å². The van der Waals surface area contributed by atoms with Gasteiger partial charge in [-0.15, -0.1) is 0 Å². The Hall–Kier alpha value is -8.11. The molecule has 3 aliphatic rings. The molecule has 3 heteroatoms. The second-order valence-corrected chi connectivity index (χ2v) is 21.5. The summed E-state index contributed by atoms with van der Waals surface area (Å²) in [5, 5.41) is 4.99. The number of anilines is 6. The molecule has 0 aromatic heterocycles. The van der Waals surface area contributed by atoms with Gasteiger partial charge in [0.2, 0.25) is 0 Å². The van der Waals surface area contributed by atoms with Crippen molar-refractivity contribution in [3.63, 3.8) is 0 Å². The predicted molar refractivity (Wildman–Crippen MR) is 301 cm³/mol. The molecule has 0 radical (unpaired) electrons. The lowest BCUT2D eigenvalue weighted by Crippen LogP contribution is -2.16. The molecule has 0 bridgehead atoms. The fraction of sp³-hybridized carbons (Fsp3) is 0.0882. The average Bonchev–Trinajstić information content (AvgIpc) is 3.79. The highest BCUT2D eigenvalue weighted by molar-refractivity contribution is 7.99. The lowest BCUT2D eigenvalue weighted by Gasteiger charge is -2.30. The summed E-state index contributed by atoms with van der Waals surface area (Å²) in [6.45, 7) is 9.45. The highest BCUT2D eigenvalue weighted by Crippen LogP contribution is 2.56. The van der Waals surface area contributed by atoms with E-state index in [1.165, 1.54) is 104 Å². The Labute approximate surface area is 420 Å². The van der Waals surface area contributed by atoms with Crippen molar-refractivity contribution < 1.29 is 0 Å². The molecule has 0 unspecified atom stereocenters. The van der Waals surface area contributed by atoms with Gasteiger partial charge in [-0.25, -0.2) is 0 Å². The third kappa shape index (κ3) is 6.29. The van der Waals surface area contributed by atoms with Crippen LogP contribution in [0.25, 0.3) is 66.1 Å². The molecule has 11 aromatic rings. The Balaban J connectivity index is 0.864. The van der Waals surface area contributed by atoms with E-state index < -0.39 is 0 Å². The normalized spacial score (nSPS) is 14.1. The summed E-state index contributed by atoms with van der Waals surface area (Å²) in [6.07, 6.45) is 0. The molecule has 0 saturated heterocycles. The van der Waals surface area contributed by atoms with E-state index in [-0.39, 0.29) is 10.8 Å². The first-order chi connectivity index (χ1) is 34.7. The van der Waals surface area contributed by atoms with Crippen molar-refractivity contribution in [1.82, 2.24) is 0 Å². The summed E-state index contributed by atoms with van der Waals surface area (Å²) in [6, 6.07) is 86.0. The summed E-state index contributed by atoms with van der Waals surface area (Å²) in [4.78, 5) is 7.46. The Morgan fingerprint density at radius 3 is 1.37 bits per heavy atom. The van der Waals surface area contributed by atoms with Crippen molar-refractivity contribution in [3.05, 3.63) is 253 Å². The van der Waals surface area contributed by atoms with Gasteiger partial charge in [0.25, 0.3) is 0 Å². The van der Waals surface area contributed by atoms with E-state index >= 15 is 0 Å². The molecule has 1 heterocycles. The van der Waals surface area contributed by atoms with E-state index in [4.69, 9.17) is 0 Å². The third-order valence-electron chi connectivity index (χ3n) is 15.8. The molecule has 338 valence electrons. The quantitative estimate of drug-likeness (QED) is 0.157. The summed E-state index contributed by atoms with van der Waals surface area (Å²) in [5.41, 5.74) is 22.6. The molecule has 0 saturated carbocycles. The minimum Gasteiger partial charge on any atom is -0.310 e. The van der Waals surface area contributed by atoms with Crippen LogP contribution in [0.2, 0.25) is 0 Å². The minimum absolute atomic E-state index is 0.103. The van der Waals surface area contributed by atoms with E-state index in [1.54, 1.807) is 0 Å². The molecule has 71 heavy (non-hydrogen) atoms. The molecular weight excluding hydrogens is 877 g/mol. The number of para-hydroxylation sites is 2. The maximum Gasteiger partial charge on any atom is 0.0540 e. The van der Waals surface area contributed by atoms with Gasteiger partial charge in [-0.1, -0.05) is 197 Å². The average molecular weight is 927 g/mol. The molecule has 11 aromatic carbocycles. The van der Waals surface area contributed by atoms with Gasteiger partial charge in [0, 0.05) is 59.5 Å². The molecule has 2 aliphatic carbocycles. The van der Waals surface area contributed by atoms with Crippen LogP contribution in [0, 0.1) is 0 Å². The van der Waals surface area contributed by atoms with Crippen LogP contribution in [0.1, 0.15) is 49.9 Å². The summed E-state index contributed by atoms with van der Waals surface area (Å²) >= 11 is 1.89. The number of fused-ring (bicyclic) bond motifs is 9. The fourth-order valence-corrected chi connectivity index (χ4v) is 13.6. The number of benzene rings is 11. The Morgan fingerprint density at radius 1 is 0.296 bits per heavy atom. The molecule has 0 amide bonds. The van der Waals surface area contributed by atoms with E-state index in [1.807, 2.05) is 11.8 Å². The number of nitrogens with zero attached hydrogens (tertiary/aromatic N) is 2. The van der Waals surface area contributed by atoms with E-state index in [0.717, 1.165) is 28.4 Å². The van der Waals surface area contributed by atoms with Gasteiger partial charge in [0.1, 0.15) is 0 Å². The van der Waals surface area contributed by atoms with Crippen LogP contribution < -0.4 is 9.80 Å². The van der Waals surface area contributed by atoms with Crippen LogP contribution in [0.15, 0.2) is 240 Å². The topological polar surface area (TPSA) is 6.48 Å². The van der Waals surface area contributed by atoms with Crippen LogP contribution in [-0.4, -0.2) is 0 Å². The molecule has 0 fully saturated rings. The minimum atomic E-state index is -0.106. The zero-order valence-electron chi connectivity index (χ0n) is 40.2. The van der Waals surface area contributed by atoms with Crippen LogP contribution in [0.3, 0.4) is 0 Å². The summed E-state index contributed by atoms with van der Waals surface area (Å²) in [5.74, 6) is 0. The summed E-state index contributed by atoms with van der Waals surface area (Å²) < 4.78 is 0. The standard InChI is InChI=1S/C68H50N2S/c1-67(2)58-27-15-13-23-50(58)52-34-31-46(41-60(52)67)69(44-18-7-5-8-19-44)62-38-36-48(49-22-11-12-25-54(49)62)43-30-33-55-56-37-39-63(57-26-17-29-64(66(56)57)71-65(55)40-43)70(45-20-9-6-10-21-45)47-32-35-53-51-24-14-16-28-59(51)68(3,4)61(53)42-47/h5-42H,1-4H3. The zero-order valence-corrected chi connectivity index (χ0v) is 41.1. The van der Waals surface area contributed by atoms with E-state index in [0.29, 0.717) is 0 Å². The van der Waals surface area contributed by atoms with Gasteiger partial charge >= 0.3 is 0 Å². The smallest absolute Gasteiger partial charge is 0.0540 e. The first-order valence-electron chi connectivity index (χ1n) is 24.8. The van der Waals surface area contributed by atoms with Gasteiger partial charge in [0.15, 0.2) is 0 Å².